The highest BCUT2D eigenvalue weighted by Crippen LogP contribution is 2.30. The molecule has 0 amide bonds. The number of nitrogens with zero attached hydrogens (tertiary/aromatic N) is 2. The molecule has 0 atom stereocenters. The number of halogens is 3. The number of H-pyrrole nitrogens is 1. The molecule has 0 aliphatic heterocycles. The lowest BCUT2D eigenvalue weighted by atomic mass is 10.1. The Morgan fingerprint density at radius 2 is 2.05 bits per heavy atom. The van der Waals surface area contributed by atoms with Crippen molar-refractivity contribution in [3.63, 3.8) is 0 Å². The van der Waals surface area contributed by atoms with Gasteiger partial charge in [-0.2, -0.15) is 13.2 Å². The monoisotopic (exact) mass is 301 g/mol. The number of nitrogens with one attached hydrogen (secondary N) is 1. The lowest BCUT2D eigenvalue weighted by molar-refractivity contribution is -0.137. The van der Waals surface area contributed by atoms with E-state index in [0.29, 0.717) is 16.5 Å². The van der Waals surface area contributed by atoms with Crippen LogP contribution < -0.4 is 0 Å². The van der Waals surface area contributed by atoms with Crippen molar-refractivity contribution in [2.75, 3.05) is 0 Å². The van der Waals surface area contributed by atoms with E-state index in [1.165, 1.54) is 17.8 Å². The molecule has 0 radical (unpaired) electrons. The summed E-state index contributed by atoms with van der Waals surface area (Å²) in [6.07, 6.45) is -4.31. The summed E-state index contributed by atoms with van der Waals surface area (Å²) in [5, 5.41) is 7.39. The van der Waals surface area contributed by atoms with Crippen LogP contribution >= 0.6 is 11.8 Å². The Bertz CT molecular complexity index is 578. The highest BCUT2D eigenvalue weighted by atomic mass is 32.2. The quantitative estimate of drug-likeness (QED) is 0.859. The minimum Gasteiger partial charge on any atom is -0.262 e. The Kier molecular flexibility index (Phi) is 4.37. The molecular weight excluding hydrogens is 287 g/mol. The van der Waals surface area contributed by atoms with Gasteiger partial charge in [0, 0.05) is 11.7 Å². The number of rotatable bonds is 4. The Morgan fingerprint density at radius 3 is 2.65 bits per heavy atom. The molecule has 7 heteroatoms. The van der Waals surface area contributed by atoms with Crippen LogP contribution in [0.2, 0.25) is 0 Å². The molecule has 1 aromatic heterocycles. The van der Waals surface area contributed by atoms with Crippen LogP contribution in [0, 0.1) is 0 Å². The van der Waals surface area contributed by atoms with Crippen LogP contribution in [0.3, 0.4) is 0 Å². The minimum absolute atomic E-state index is 0.241. The first-order valence-corrected chi connectivity index (χ1v) is 7.06. The van der Waals surface area contributed by atoms with Crippen LogP contribution in [-0.2, 0) is 11.9 Å². The molecule has 1 aromatic carbocycles. The fourth-order valence-corrected chi connectivity index (χ4v) is 2.31. The molecule has 0 saturated carbocycles. The lowest BCUT2D eigenvalue weighted by Gasteiger charge is -2.07. The molecule has 0 fully saturated rings. The van der Waals surface area contributed by atoms with Crippen molar-refractivity contribution in [1.82, 2.24) is 15.2 Å². The normalized spacial score (nSPS) is 12.1. The second-order valence-corrected chi connectivity index (χ2v) is 5.59. The summed E-state index contributed by atoms with van der Waals surface area (Å²) in [6, 6.07) is 5.30. The van der Waals surface area contributed by atoms with Crippen LogP contribution in [0.4, 0.5) is 13.2 Å². The van der Waals surface area contributed by atoms with Gasteiger partial charge in [-0.05, 0) is 11.6 Å². The standard InChI is InChI=1S/C13H14F3N3S/c1-8(2)11-17-12(19-18-11)20-7-9-4-3-5-10(6-9)13(14,15)16/h3-6,8H,7H2,1-2H3,(H,17,18,19). The predicted octanol–water partition coefficient (Wildman–Crippen LogP) is 4.24. The summed E-state index contributed by atoms with van der Waals surface area (Å²) in [7, 11) is 0. The van der Waals surface area contributed by atoms with E-state index >= 15 is 0 Å². The van der Waals surface area contributed by atoms with E-state index in [1.54, 1.807) is 6.07 Å². The third-order valence-electron chi connectivity index (χ3n) is 2.65. The SMILES string of the molecule is CC(C)c1nc(SCc2cccc(C(F)(F)F)c2)n[nH]1. The fourth-order valence-electron chi connectivity index (χ4n) is 1.57. The maximum atomic E-state index is 12.6. The van der Waals surface area contributed by atoms with Crippen molar-refractivity contribution >= 4 is 11.8 Å². The van der Waals surface area contributed by atoms with Gasteiger partial charge in [0.2, 0.25) is 5.16 Å². The first kappa shape index (κ1) is 14.9. The van der Waals surface area contributed by atoms with Crippen LogP contribution in [0.25, 0.3) is 0 Å². The topological polar surface area (TPSA) is 41.6 Å². The summed E-state index contributed by atoms with van der Waals surface area (Å²) < 4.78 is 37.8. The van der Waals surface area contributed by atoms with Gasteiger partial charge in [0.1, 0.15) is 5.82 Å². The Balaban J connectivity index is 2.03. The van der Waals surface area contributed by atoms with Gasteiger partial charge in [0.05, 0.1) is 5.56 Å². The highest BCUT2D eigenvalue weighted by molar-refractivity contribution is 7.98. The van der Waals surface area contributed by atoms with Crippen molar-refractivity contribution in [3.05, 3.63) is 41.2 Å². The molecule has 1 heterocycles. The van der Waals surface area contributed by atoms with Gasteiger partial charge in [-0.3, -0.25) is 5.10 Å². The van der Waals surface area contributed by atoms with Crippen LogP contribution in [0.5, 0.6) is 0 Å². The summed E-state index contributed by atoms with van der Waals surface area (Å²) in [5.74, 6) is 1.42. The predicted molar refractivity (Wildman–Crippen MR) is 71.5 cm³/mol. The minimum atomic E-state index is -4.31. The van der Waals surface area contributed by atoms with E-state index in [1.807, 2.05) is 13.8 Å². The average molecular weight is 301 g/mol. The van der Waals surface area contributed by atoms with Crippen LogP contribution in [0.1, 0.15) is 36.7 Å². The largest absolute Gasteiger partial charge is 0.416 e. The summed E-state index contributed by atoms with van der Waals surface area (Å²) in [6.45, 7) is 3.98. The molecule has 3 nitrogen and oxygen atoms in total. The molecule has 2 aromatic rings. The number of thioether (sulfide) groups is 1. The van der Waals surface area contributed by atoms with Gasteiger partial charge in [0.15, 0.2) is 0 Å². The van der Waals surface area contributed by atoms with E-state index in [4.69, 9.17) is 0 Å². The molecule has 0 aliphatic carbocycles. The van der Waals surface area contributed by atoms with Crippen molar-refractivity contribution in [3.8, 4) is 0 Å². The van der Waals surface area contributed by atoms with Crippen LogP contribution in [-0.4, -0.2) is 15.2 Å². The Hall–Kier alpha value is -1.50. The number of hydrogen-bond acceptors (Lipinski definition) is 3. The number of aromatic nitrogens is 3. The molecule has 0 bridgehead atoms. The van der Waals surface area contributed by atoms with Crippen molar-refractivity contribution < 1.29 is 13.2 Å². The first-order valence-electron chi connectivity index (χ1n) is 6.07. The van der Waals surface area contributed by atoms with Crippen molar-refractivity contribution in [2.45, 2.75) is 36.9 Å². The van der Waals surface area contributed by atoms with Crippen molar-refractivity contribution in [2.24, 2.45) is 0 Å². The fraction of sp³-hybridized carbons (Fsp3) is 0.385. The van der Waals surface area contributed by atoms with E-state index in [9.17, 15) is 13.2 Å². The summed E-state index contributed by atoms with van der Waals surface area (Å²) >= 11 is 1.31. The molecular formula is C13H14F3N3S. The molecule has 108 valence electrons. The van der Waals surface area contributed by atoms with Gasteiger partial charge < -0.3 is 0 Å². The van der Waals surface area contributed by atoms with E-state index < -0.39 is 11.7 Å². The zero-order valence-corrected chi connectivity index (χ0v) is 11.8. The average Bonchev–Trinajstić information content (AvgIpc) is 2.85. The molecule has 2 rings (SSSR count). The second kappa shape index (κ2) is 5.87. The Morgan fingerprint density at radius 1 is 1.30 bits per heavy atom. The third-order valence-corrected chi connectivity index (χ3v) is 3.57. The molecule has 1 N–H and O–H groups in total. The van der Waals surface area contributed by atoms with E-state index in [-0.39, 0.29) is 5.92 Å². The number of benzene rings is 1. The van der Waals surface area contributed by atoms with Gasteiger partial charge in [0.25, 0.3) is 0 Å². The molecule has 0 aliphatic rings. The maximum absolute atomic E-state index is 12.6. The smallest absolute Gasteiger partial charge is 0.262 e. The Labute approximate surface area is 119 Å². The molecule has 20 heavy (non-hydrogen) atoms. The number of alkyl halides is 3. The summed E-state index contributed by atoms with van der Waals surface area (Å²) in [5.41, 5.74) is -0.0332. The highest BCUT2D eigenvalue weighted by Gasteiger charge is 2.30. The van der Waals surface area contributed by atoms with Gasteiger partial charge in [-0.1, -0.05) is 43.8 Å². The molecule has 0 unspecified atom stereocenters. The van der Waals surface area contributed by atoms with Crippen molar-refractivity contribution in [1.29, 1.82) is 0 Å². The van der Waals surface area contributed by atoms with Gasteiger partial charge in [-0.15, -0.1) is 5.10 Å². The first-order chi connectivity index (χ1) is 9.36. The summed E-state index contributed by atoms with van der Waals surface area (Å²) in [4.78, 5) is 4.27. The second-order valence-electron chi connectivity index (χ2n) is 4.64. The maximum Gasteiger partial charge on any atom is 0.416 e. The number of hydrogen-bond donors (Lipinski definition) is 1. The van der Waals surface area contributed by atoms with Crippen LogP contribution in [0.15, 0.2) is 29.4 Å². The number of aromatic amines is 1. The lowest BCUT2D eigenvalue weighted by Crippen LogP contribution is -2.04. The molecule has 0 spiro atoms. The third kappa shape index (κ3) is 3.75. The van der Waals surface area contributed by atoms with E-state index in [2.05, 4.69) is 15.2 Å². The molecule has 0 saturated heterocycles. The van der Waals surface area contributed by atoms with Gasteiger partial charge in [-0.25, -0.2) is 4.98 Å². The van der Waals surface area contributed by atoms with E-state index in [0.717, 1.165) is 18.0 Å². The zero-order valence-electron chi connectivity index (χ0n) is 11.0. The van der Waals surface area contributed by atoms with Gasteiger partial charge >= 0.3 is 6.18 Å². The zero-order chi connectivity index (χ0) is 14.8.